The molecule has 0 spiro atoms. The molecule has 1 N–H and O–H groups in total. The molecule has 122 valence electrons. The molecule has 0 fully saturated rings. The van der Waals surface area contributed by atoms with Crippen LogP contribution in [0.3, 0.4) is 0 Å². The summed E-state index contributed by atoms with van der Waals surface area (Å²) in [5.74, 6) is 1.44. The maximum atomic E-state index is 12.1. The molecule has 0 bridgehead atoms. The molecule has 1 heterocycles. The number of amides is 1. The number of aromatic nitrogens is 3. The predicted molar refractivity (Wildman–Crippen MR) is 89.5 cm³/mol. The van der Waals surface area contributed by atoms with Crippen molar-refractivity contribution in [2.24, 2.45) is 0 Å². The van der Waals surface area contributed by atoms with E-state index in [1.807, 2.05) is 54.6 Å². The number of hydrogen-bond donors (Lipinski definition) is 1. The molecule has 0 aliphatic rings. The minimum absolute atomic E-state index is 0.106. The van der Waals surface area contributed by atoms with Crippen LogP contribution in [0, 0.1) is 0 Å². The lowest BCUT2D eigenvalue weighted by molar-refractivity contribution is -0.124. The third-order valence-corrected chi connectivity index (χ3v) is 3.58. The molecule has 3 rings (SSSR count). The molecule has 24 heavy (non-hydrogen) atoms. The summed E-state index contributed by atoms with van der Waals surface area (Å²) in [6.45, 7) is 2.23. The zero-order chi connectivity index (χ0) is 16.8. The first-order valence-corrected chi connectivity index (χ1v) is 7.66. The Balaban J connectivity index is 1.54. The zero-order valence-corrected chi connectivity index (χ0v) is 13.3. The predicted octanol–water partition coefficient (Wildman–Crippen LogP) is 2.95. The van der Waals surface area contributed by atoms with E-state index >= 15 is 0 Å². The minimum atomic E-state index is -0.395. The van der Waals surface area contributed by atoms with Gasteiger partial charge >= 0.3 is 0 Å². The van der Waals surface area contributed by atoms with Crippen LogP contribution in [-0.2, 0) is 11.3 Å². The zero-order valence-electron chi connectivity index (χ0n) is 13.3. The summed E-state index contributed by atoms with van der Waals surface area (Å²) in [5.41, 5.74) is 0.995. The van der Waals surface area contributed by atoms with Crippen LogP contribution in [0.2, 0.25) is 0 Å². The van der Waals surface area contributed by atoms with Crippen molar-refractivity contribution in [1.82, 2.24) is 20.1 Å². The molecule has 2 aromatic carbocycles. The van der Waals surface area contributed by atoms with E-state index in [1.54, 1.807) is 6.92 Å². The summed E-state index contributed by atoms with van der Waals surface area (Å²) >= 11 is 0. The standard InChI is InChI=1S/C18H18N4O2/c1-14(22-13-19-12-21-22)18(23)20-11-15-7-9-17(10-8-15)24-16-5-3-2-4-6-16/h2-10,12-14H,11H2,1H3,(H,20,23). The first kappa shape index (κ1) is 15.7. The van der Waals surface area contributed by atoms with E-state index < -0.39 is 6.04 Å². The molecule has 1 amide bonds. The third kappa shape index (κ3) is 3.98. The van der Waals surface area contributed by atoms with Crippen molar-refractivity contribution >= 4 is 5.91 Å². The molecule has 0 saturated carbocycles. The fourth-order valence-corrected chi connectivity index (χ4v) is 2.17. The maximum Gasteiger partial charge on any atom is 0.244 e. The molecule has 0 saturated heterocycles. The lowest BCUT2D eigenvalue weighted by Crippen LogP contribution is -2.30. The van der Waals surface area contributed by atoms with Crippen molar-refractivity contribution in [3.05, 3.63) is 72.8 Å². The van der Waals surface area contributed by atoms with Crippen LogP contribution < -0.4 is 10.1 Å². The number of para-hydroxylation sites is 1. The molecule has 6 heteroatoms. The van der Waals surface area contributed by atoms with E-state index in [9.17, 15) is 4.79 Å². The van der Waals surface area contributed by atoms with E-state index in [0.29, 0.717) is 6.54 Å². The van der Waals surface area contributed by atoms with Gasteiger partial charge in [0.1, 0.15) is 30.2 Å². The molecule has 1 atom stereocenters. The van der Waals surface area contributed by atoms with Crippen molar-refractivity contribution in [3.63, 3.8) is 0 Å². The normalized spacial score (nSPS) is 11.7. The number of nitrogens with zero attached hydrogens (tertiary/aromatic N) is 3. The number of rotatable bonds is 6. The Morgan fingerprint density at radius 3 is 2.50 bits per heavy atom. The number of hydrogen-bond acceptors (Lipinski definition) is 4. The largest absolute Gasteiger partial charge is 0.457 e. The van der Waals surface area contributed by atoms with Gasteiger partial charge in [-0.2, -0.15) is 5.10 Å². The lowest BCUT2D eigenvalue weighted by Gasteiger charge is -2.12. The van der Waals surface area contributed by atoms with Gasteiger partial charge in [-0.05, 0) is 36.8 Å². The van der Waals surface area contributed by atoms with Gasteiger partial charge in [-0.15, -0.1) is 0 Å². The summed E-state index contributed by atoms with van der Waals surface area (Å²) in [6, 6.07) is 16.8. The van der Waals surface area contributed by atoms with Gasteiger partial charge in [0.2, 0.25) is 5.91 Å². The van der Waals surface area contributed by atoms with Crippen molar-refractivity contribution in [2.75, 3.05) is 0 Å². The van der Waals surface area contributed by atoms with Gasteiger partial charge in [0, 0.05) is 6.54 Å². The second kappa shape index (κ2) is 7.41. The van der Waals surface area contributed by atoms with Crippen LogP contribution in [0.25, 0.3) is 0 Å². The Bertz CT molecular complexity index is 771. The molecule has 0 radical (unpaired) electrons. The van der Waals surface area contributed by atoms with Gasteiger partial charge in [-0.1, -0.05) is 30.3 Å². The van der Waals surface area contributed by atoms with Crippen LogP contribution in [0.15, 0.2) is 67.3 Å². The van der Waals surface area contributed by atoms with E-state index in [0.717, 1.165) is 17.1 Å². The van der Waals surface area contributed by atoms with Crippen LogP contribution in [0.4, 0.5) is 0 Å². The first-order chi connectivity index (χ1) is 11.7. The van der Waals surface area contributed by atoms with Gasteiger partial charge in [0.15, 0.2) is 0 Å². The molecule has 6 nitrogen and oxygen atoms in total. The number of carbonyl (C=O) groups is 1. The van der Waals surface area contributed by atoms with Gasteiger partial charge in [-0.3, -0.25) is 4.79 Å². The average Bonchev–Trinajstić information content (AvgIpc) is 3.16. The van der Waals surface area contributed by atoms with Gasteiger partial charge in [-0.25, -0.2) is 9.67 Å². The van der Waals surface area contributed by atoms with E-state index in [4.69, 9.17) is 4.74 Å². The van der Waals surface area contributed by atoms with Crippen LogP contribution >= 0.6 is 0 Å². The summed E-state index contributed by atoms with van der Waals surface area (Å²) in [5, 5.41) is 6.86. The summed E-state index contributed by atoms with van der Waals surface area (Å²) in [6.07, 6.45) is 2.94. The van der Waals surface area contributed by atoms with Crippen LogP contribution in [0.5, 0.6) is 11.5 Å². The van der Waals surface area contributed by atoms with Crippen molar-refractivity contribution in [2.45, 2.75) is 19.5 Å². The van der Waals surface area contributed by atoms with Crippen molar-refractivity contribution in [3.8, 4) is 11.5 Å². The molecular weight excluding hydrogens is 304 g/mol. The van der Waals surface area contributed by atoms with Gasteiger partial charge < -0.3 is 10.1 Å². The van der Waals surface area contributed by atoms with E-state index in [2.05, 4.69) is 15.4 Å². The smallest absolute Gasteiger partial charge is 0.244 e. The fraction of sp³-hybridized carbons (Fsp3) is 0.167. The second-order valence-corrected chi connectivity index (χ2v) is 5.33. The SMILES string of the molecule is CC(C(=O)NCc1ccc(Oc2ccccc2)cc1)n1cncn1. The van der Waals surface area contributed by atoms with Crippen LogP contribution in [0.1, 0.15) is 18.5 Å². The van der Waals surface area contributed by atoms with Crippen molar-refractivity contribution < 1.29 is 9.53 Å². The molecule has 0 aliphatic heterocycles. The molecule has 1 aromatic heterocycles. The Morgan fingerprint density at radius 2 is 1.83 bits per heavy atom. The second-order valence-electron chi connectivity index (χ2n) is 5.33. The summed E-state index contributed by atoms with van der Waals surface area (Å²) in [7, 11) is 0. The maximum absolute atomic E-state index is 12.1. The molecule has 0 aliphatic carbocycles. The Labute approximate surface area is 140 Å². The summed E-state index contributed by atoms with van der Waals surface area (Å²) < 4.78 is 7.26. The molecule has 1 unspecified atom stereocenters. The number of ether oxygens (including phenoxy) is 1. The molecular formula is C18H18N4O2. The topological polar surface area (TPSA) is 69.0 Å². The lowest BCUT2D eigenvalue weighted by atomic mass is 10.2. The number of benzene rings is 2. The van der Waals surface area contributed by atoms with Crippen LogP contribution in [-0.4, -0.2) is 20.7 Å². The van der Waals surface area contributed by atoms with Crippen molar-refractivity contribution in [1.29, 1.82) is 0 Å². The fourth-order valence-electron chi connectivity index (χ4n) is 2.17. The highest BCUT2D eigenvalue weighted by Crippen LogP contribution is 2.21. The van der Waals surface area contributed by atoms with E-state index in [1.165, 1.54) is 17.3 Å². The van der Waals surface area contributed by atoms with Gasteiger partial charge in [0.05, 0.1) is 0 Å². The quantitative estimate of drug-likeness (QED) is 0.757. The summed E-state index contributed by atoms with van der Waals surface area (Å²) in [4.78, 5) is 15.9. The monoisotopic (exact) mass is 322 g/mol. The molecule has 3 aromatic rings. The number of carbonyl (C=O) groups excluding carboxylic acids is 1. The number of nitrogens with one attached hydrogen (secondary N) is 1. The highest BCUT2D eigenvalue weighted by molar-refractivity contribution is 5.79. The van der Waals surface area contributed by atoms with Gasteiger partial charge in [0.25, 0.3) is 0 Å². The Hall–Kier alpha value is -3.15. The average molecular weight is 322 g/mol. The first-order valence-electron chi connectivity index (χ1n) is 7.66. The highest BCUT2D eigenvalue weighted by atomic mass is 16.5. The minimum Gasteiger partial charge on any atom is -0.457 e. The Morgan fingerprint density at radius 1 is 1.12 bits per heavy atom. The Kier molecular flexibility index (Phi) is 4.86. The third-order valence-electron chi connectivity index (χ3n) is 3.58. The highest BCUT2D eigenvalue weighted by Gasteiger charge is 2.14. The van der Waals surface area contributed by atoms with E-state index in [-0.39, 0.29) is 5.91 Å².